The maximum atomic E-state index is 14.4. The maximum Gasteiger partial charge on any atom is 0.272 e. The number of H-pyrrole nitrogens is 1. The zero-order valence-corrected chi connectivity index (χ0v) is 23.0. The zero-order chi connectivity index (χ0) is 28.4. The van der Waals surface area contributed by atoms with Crippen molar-refractivity contribution in [3.05, 3.63) is 29.8 Å². The molecule has 2 amide bonds. The molecule has 4 heterocycles. The fourth-order valence-electron chi connectivity index (χ4n) is 6.88. The minimum Gasteiger partial charge on any atom is -0.481 e. The molecular weight excluding hydrogens is 525 g/mol. The lowest BCUT2D eigenvalue weighted by molar-refractivity contribution is -0.133. The van der Waals surface area contributed by atoms with E-state index < -0.39 is 11.7 Å². The monoisotopic (exact) mass is 560 g/mol. The standard InChI is InChI=1S/C28H35F3N6O3/c1-26(2)21(12-22(26)36-9-7-28(30,31)15-36)33-24(38)16-4-8-37(27(13-16)5-6-27)25(39)20-11-19(34-35-20)17-10-23(40-3)32-14-18(17)29/h10-11,14,16,21-22H,4-9,12-13,15H2,1-3H3,(H,33,38)(H,34,35)/t16?,21-,22-/m0/s1. The van der Waals surface area contributed by atoms with Crippen LogP contribution in [0.25, 0.3) is 11.3 Å². The van der Waals surface area contributed by atoms with Crippen molar-refractivity contribution in [1.82, 2.24) is 30.3 Å². The van der Waals surface area contributed by atoms with Gasteiger partial charge in [0.15, 0.2) is 5.82 Å². The molecular formula is C28H35F3N6O3. The van der Waals surface area contributed by atoms with Gasteiger partial charge in [-0.05, 0) is 38.2 Å². The van der Waals surface area contributed by atoms with Crippen molar-refractivity contribution >= 4 is 11.8 Å². The Bertz CT molecular complexity index is 1330. The second kappa shape index (κ2) is 9.46. The quantitative estimate of drug-likeness (QED) is 0.560. The van der Waals surface area contributed by atoms with Crippen LogP contribution in [0.3, 0.4) is 0 Å². The molecule has 4 aliphatic rings. The highest BCUT2D eigenvalue weighted by Gasteiger charge is 2.57. The number of amides is 2. The average molecular weight is 561 g/mol. The van der Waals surface area contributed by atoms with Crippen molar-refractivity contribution in [2.75, 3.05) is 26.7 Å². The SMILES string of the molecule is COc1cc(-c2cc(C(=O)N3CCC(C(=O)N[C@H]4C[C@H](N5CCC(F)(F)C5)C4(C)C)CC34CC4)[nH]n2)c(F)cn1. The van der Waals surface area contributed by atoms with E-state index in [1.54, 1.807) is 0 Å². The molecule has 2 aliphatic heterocycles. The van der Waals surface area contributed by atoms with Gasteiger partial charge in [0, 0.05) is 60.1 Å². The topological polar surface area (TPSA) is 103 Å². The molecule has 0 radical (unpaired) electrons. The summed E-state index contributed by atoms with van der Waals surface area (Å²) in [6, 6.07) is 2.92. The van der Waals surface area contributed by atoms with Crippen LogP contribution in [0.15, 0.2) is 18.3 Å². The Balaban J connectivity index is 1.08. The maximum absolute atomic E-state index is 14.4. The molecule has 12 heteroatoms. The van der Waals surface area contributed by atoms with E-state index in [0.717, 1.165) is 19.0 Å². The largest absolute Gasteiger partial charge is 0.481 e. The molecule has 2 aromatic rings. The van der Waals surface area contributed by atoms with Crippen LogP contribution in [0.4, 0.5) is 13.2 Å². The van der Waals surface area contributed by atoms with Gasteiger partial charge in [-0.1, -0.05) is 13.8 Å². The van der Waals surface area contributed by atoms with Gasteiger partial charge in [0.05, 0.1) is 25.5 Å². The highest BCUT2D eigenvalue weighted by Crippen LogP contribution is 2.51. The van der Waals surface area contributed by atoms with E-state index in [4.69, 9.17) is 4.74 Å². The molecule has 9 nitrogen and oxygen atoms in total. The van der Waals surface area contributed by atoms with Gasteiger partial charge in [0.1, 0.15) is 5.69 Å². The second-order valence-electron chi connectivity index (χ2n) is 12.5. The first kappa shape index (κ1) is 27.0. The van der Waals surface area contributed by atoms with Crippen LogP contribution in [0, 0.1) is 17.2 Å². The summed E-state index contributed by atoms with van der Waals surface area (Å²) in [4.78, 5) is 34.3. The van der Waals surface area contributed by atoms with Gasteiger partial charge in [0.2, 0.25) is 11.8 Å². The van der Waals surface area contributed by atoms with Crippen LogP contribution >= 0.6 is 0 Å². The number of nitrogens with one attached hydrogen (secondary N) is 2. The third-order valence-corrected chi connectivity index (χ3v) is 9.64. The number of piperidine rings is 1. The van der Waals surface area contributed by atoms with Gasteiger partial charge in [-0.2, -0.15) is 5.10 Å². The van der Waals surface area contributed by atoms with E-state index in [1.165, 1.54) is 19.2 Å². The van der Waals surface area contributed by atoms with Crippen LogP contribution in [0.1, 0.15) is 62.9 Å². The van der Waals surface area contributed by atoms with Crippen molar-refractivity contribution in [3.63, 3.8) is 0 Å². The van der Waals surface area contributed by atoms with Crippen LogP contribution in [-0.2, 0) is 4.79 Å². The molecule has 2 saturated heterocycles. The summed E-state index contributed by atoms with van der Waals surface area (Å²) in [5, 5.41) is 10.1. The summed E-state index contributed by atoms with van der Waals surface area (Å²) in [7, 11) is 1.43. The number of pyridine rings is 1. The Hall–Kier alpha value is -3.15. The molecule has 2 N–H and O–H groups in total. The van der Waals surface area contributed by atoms with Crippen LogP contribution < -0.4 is 10.1 Å². The number of aromatic nitrogens is 3. The number of aromatic amines is 1. The molecule has 2 aromatic heterocycles. The highest BCUT2D eigenvalue weighted by atomic mass is 19.3. The lowest BCUT2D eigenvalue weighted by Gasteiger charge is -2.56. The van der Waals surface area contributed by atoms with E-state index in [1.807, 2.05) is 23.6 Å². The molecule has 2 saturated carbocycles. The van der Waals surface area contributed by atoms with Crippen LogP contribution in [0.5, 0.6) is 5.88 Å². The summed E-state index contributed by atoms with van der Waals surface area (Å²) >= 11 is 0. The summed E-state index contributed by atoms with van der Waals surface area (Å²) in [5.74, 6) is -3.42. The Labute approximate surface area is 230 Å². The van der Waals surface area contributed by atoms with Gasteiger partial charge in [-0.25, -0.2) is 18.2 Å². The molecule has 0 bridgehead atoms. The Morgan fingerprint density at radius 3 is 2.60 bits per heavy atom. The van der Waals surface area contributed by atoms with E-state index in [9.17, 15) is 22.8 Å². The second-order valence-corrected chi connectivity index (χ2v) is 12.5. The van der Waals surface area contributed by atoms with E-state index in [2.05, 4.69) is 20.5 Å². The smallest absolute Gasteiger partial charge is 0.272 e. The van der Waals surface area contributed by atoms with Gasteiger partial charge < -0.3 is 15.0 Å². The predicted molar refractivity (Wildman–Crippen MR) is 139 cm³/mol. The number of methoxy groups -OCH3 is 1. The van der Waals surface area contributed by atoms with Crippen molar-refractivity contribution in [2.24, 2.45) is 11.3 Å². The molecule has 6 rings (SSSR count). The first-order valence-corrected chi connectivity index (χ1v) is 13.9. The molecule has 1 spiro atoms. The van der Waals surface area contributed by atoms with Crippen molar-refractivity contribution < 1.29 is 27.5 Å². The fraction of sp³-hybridized carbons (Fsp3) is 0.643. The molecule has 40 heavy (non-hydrogen) atoms. The molecule has 4 fully saturated rings. The first-order valence-electron chi connectivity index (χ1n) is 13.9. The van der Waals surface area contributed by atoms with Crippen molar-refractivity contribution in [1.29, 1.82) is 0 Å². The lowest BCUT2D eigenvalue weighted by Crippen LogP contribution is -2.67. The number of carbonyl (C=O) groups is 2. The number of nitrogens with zero attached hydrogens (tertiary/aromatic N) is 4. The zero-order valence-electron chi connectivity index (χ0n) is 23.0. The fourth-order valence-corrected chi connectivity index (χ4v) is 6.88. The number of halogens is 3. The molecule has 3 atom stereocenters. The molecule has 0 aromatic carbocycles. The third kappa shape index (κ3) is 4.63. The van der Waals surface area contributed by atoms with Gasteiger partial charge in [-0.15, -0.1) is 0 Å². The van der Waals surface area contributed by atoms with Gasteiger partial charge in [0.25, 0.3) is 11.8 Å². The summed E-state index contributed by atoms with van der Waals surface area (Å²) in [6.45, 7) is 4.69. The van der Waals surface area contributed by atoms with E-state index in [0.29, 0.717) is 32.4 Å². The number of hydrogen-bond acceptors (Lipinski definition) is 6. The van der Waals surface area contributed by atoms with Crippen molar-refractivity contribution in [2.45, 2.75) is 75.9 Å². The highest BCUT2D eigenvalue weighted by molar-refractivity contribution is 5.94. The van der Waals surface area contributed by atoms with E-state index >= 15 is 0 Å². The number of rotatable bonds is 6. The molecule has 216 valence electrons. The number of ether oxygens (including phenoxy) is 1. The molecule has 1 unspecified atom stereocenters. The number of carbonyl (C=O) groups excluding carboxylic acids is 2. The summed E-state index contributed by atoms with van der Waals surface area (Å²) < 4.78 is 46.9. The van der Waals surface area contributed by atoms with Gasteiger partial charge >= 0.3 is 0 Å². The minimum absolute atomic E-state index is 0.0208. The minimum atomic E-state index is -2.63. The first-order chi connectivity index (χ1) is 18.9. The number of hydrogen-bond donors (Lipinski definition) is 2. The normalized spacial score (nSPS) is 28.2. The molecule has 2 aliphatic carbocycles. The van der Waals surface area contributed by atoms with Crippen molar-refractivity contribution in [3.8, 4) is 17.1 Å². The Kier molecular flexibility index (Phi) is 6.39. The number of likely N-dealkylation sites (tertiary alicyclic amines) is 2. The summed E-state index contributed by atoms with van der Waals surface area (Å²) in [6.07, 6.45) is 4.37. The lowest BCUT2D eigenvalue weighted by atomic mass is 9.62. The van der Waals surface area contributed by atoms with Crippen LogP contribution in [0.2, 0.25) is 0 Å². The average Bonchev–Trinajstić information content (AvgIpc) is 3.33. The Morgan fingerprint density at radius 1 is 1.18 bits per heavy atom. The van der Waals surface area contributed by atoms with Gasteiger partial charge in [-0.3, -0.25) is 19.6 Å². The van der Waals surface area contributed by atoms with Crippen LogP contribution in [-0.4, -0.2) is 87.1 Å². The number of alkyl halides is 2. The van der Waals surface area contributed by atoms with E-state index in [-0.39, 0.29) is 76.6 Å². The predicted octanol–water partition coefficient (Wildman–Crippen LogP) is 3.63. The summed E-state index contributed by atoms with van der Waals surface area (Å²) in [5.41, 5.74) is 0.0554. The third-order valence-electron chi connectivity index (χ3n) is 9.64. The Morgan fingerprint density at radius 2 is 1.95 bits per heavy atom.